The van der Waals surface area contributed by atoms with Crippen LogP contribution in [0.25, 0.3) is 16.6 Å². The molecule has 0 saturated heterocycles. The summed E-state index contributed by atoms with van der Waals surface area (Å²) in [4.78, 5) is 24.2. The molecule has 0 aliphatic carbocycles. The molecule has 0 fully saturated rings. The number of carbonyl (C=O) groups excluding carboxylic acids is 1. The number of hydrogen-bond acceptors (Lipinski definition) is 6. The van der Waals surface area contributed by atoms with Crippen molar-refractivity contribution in [1.82, 2.24) is 24.1 Å². The second kappa shape index (κ2) is 8.30. The van der Waals surface area contributed by atoms with Crippen LogP contribution in [0.4, 0.5) is 24.8 Å². The summed E-state index contributed by atoms with van der Waals surface area (Å²) in [6.07, 6.45) is -0.451. The van der Waals surface area contributed by atoms with E-state index in [0.29, 0.717) is 47.3 Å². The summed E-state index contributed by atoms with van der Waals surface area (Å²) >= 11 is 0. The third-order valence-electron chi connectivity index (χ3n) is 6.44. The summed E-state index contributed by atoms with van der Waals surface area (Å²) in [6, 6.07) is 9.14. The van der Waals surface area contributed by atoms with Gasteiger partial charge in [-0.3, -0.25) is 14.4 Å². The van der Waals surface area contributed by atoms with Crippen molar-refractivity contribution >= 4 is 34.1 Å². The molecule has 6 rings (SSSR count). The molecule has 5 aromatic rings. The molecule has 188 valence electrons. The standard InChI is InChI=1S/C25H20F3N7O2/c1-33-22(6-7-30-33)35(11-16-10-34-9-15(25(26,27)28)3-5-21(34)31-16)24(36)14-2-4-20-17(8-14)18-12-37-13-19(18)23(29)32-20/h2-10H,11-13H2,1H3,(H2,29,32). The average Bonchev–Trinajstić information content (AvgIpc) is 3.60. The number of benzene rings is 1. The van der Waals surface area contributed by atoms with Crippen molar-refractivity contribution < 1.29 is 22.7 Å². The Bertz CT molecular complexity index is 1690. The molecule has 0 saturated carbocycles. The summed E-state index contributed by atoms with van der Waals surface area (Å²) in [6.45, 7) is 0.761. The lowest BCUT2D eigenvalue weighted by Crippen LogP contribution is -2.32. The van der Waals surface area contributed by atoms with Crippen LogP contribution >= 0.6 is 0 Å². The van der Waals surface area contributed by atoms with Gasteiger partial charge in [-0.2, -0.15) is 18.3 Å². The maximum absolute atomic E-state index is 13.8. The number of alkyl halides is 3. The highest BCUT2D eigenvalue weighted by Gasteiger charge is 2.31. The zero-order valence-electron chi connectivity index (χ0n) is 19.5. The van der Waals surface area contributed by atoms with Crippen molar-refractivity contribution in [3.63, 3.8) is 0 Å². The maximum atomic E-state index is 13.8. The molecule has 5 heterocycles. The number of amides is 1. The Morgan fingerprint density at radius 2 is 1.92 bits per heavy atom. The predicted octanol–water partition coefficient (Wildman–Crippen LogP) is 4.09. The number of nitrogen functional groups attached to an aromatic ring is 1. The van der Waals surface area contributed by atoms with E-state index < -0.39 is 11.7 Å². The molecular weight excluding hydrogens is 487 g/mol. The third kappa shape index (κ3) is 3.95. The fourth-order valence-corrected chi connectivity index (χ4v) is 4.60. The van der Waals surface area contributed by atoms with Crippen LogP contribution in [0.3, 0.4) is 0 Å². The number of aromatic nitrogens is 5. The van der Waals surface area contributed by atoms with Gasteiger partial charge < -0.3 is 14.9 Å². The van der Waals surface area contributed by atoms with Crippen LogP contribution in [-0.4, -0.2) is 30.1 Å². The van der Waals surface area contributed by atoms with E-state index in [1.807, 2.05) is 0 Å². The molecule has 12 heteroatoms. The van der Waals surface area contributed by atoms with E-state index in [1.165, 1.54) is 21.6 Å². The number of imidazole rings is 1. The molecule has 0 unspecified atom stereocenters. The quantitative estimate of drug-likeness (QED) is 0.393. The van der Waals surface area contributed by atoms with Crippen molar-refractivity contribution in [2.45, 2.75) is 25.9 Å². The highest BCUT2D eigenvalue weighted by atomic mass is 19.4. The molecule has 1 aliphatic rings. The molecule has 1 amide bonds. The number of fused-ring (bicyclic) bond motifs is 4. The highest BCUT2D eigenvalue weighted by Crippen LogP contribution is 2.32. The molecule has 4 aromatic heterocycles. The largest absolute Gasteiger partial charge is 0.417 e. The number of aryl methyl sites for hydroxylation is 1. The lowest BCUT2D eigenvalue weighted by molar-refractivity contribution is -0.137. The number of pyridine rings is 2. The van der Waals surface area contributed by atoms with Gasteiger partial charge in [0.1, 0.15) is 17.3 Å². The van der Waals surface area contributed by atoms with E-state index in [9.17, 15) is 18.0 Å². The maximum Gasteiger partial charge on any atom is 0.417 e. The molecule has 0 spiro atoms. The number of hydrogen-bond donors (Lipinski definition) is 1. The average molecular weight is 507 g/mol. The van der Waals surface area contributed by atoms with Crippen LogP contribution in [0.15, 0.2) is 55.0 Å². The number of rotatable bonds is 4. The fourth-order valence-electron chi connectivity index (χ4n) is 4.60. The Kier molecular flexibility index (Phi) is 5.16. The summed E-state index contributed by atoms with van der Waals surface area (Å²) < 4.78 is 47.9. The van der Waals surface area contributed by atoms with Crippen molar-refractivity contribution in [3.8, 4) is 0 Å². The van der Waals surface area contributed by atoms with Gasteiger partial charge in [-0.15, -0.1) is 0 Å². The van der Waals surface area contributed by atoms with Gasteiger partial charge in [-0.25, -0.2) is 9.97 Å². The highest BCUT2D eigenvalue weighted by molar-refractivity contribution is 6.07. The molecule has 0 radical (unpaired) electrons. The van der Waals surface area contributed by atoms with Gasteiger partial charge in [0.05, 0.1) is 42.7 Å². The summed E-state index contributed by atoms with van der Waals surface area (Å²) in [7, 11) is 1.70. The first-order valence-corrected chi connectivity index (χ1v) is 11.3. The topological polar surface area (TPSA) is 104 Å². The number of anilines is 2. The summed E-state index contributed by atoms with van der Waals surface area (Å²) in [5.74, 6) is 0.585. The number of nitrogens with zero attached hydrogens (tertiary/aromatic N) is 6. The van der Waals surface area contributed by atoms with Gasteiger partial charge in [0.25, 0.3) is 5.91 Å². The summed E-state index contributed by atoms with van der Waals surface area (Å²) in [5, 5.41) is 4.96. The minimum Gasteiger partial charge on any atom is -0.383 e. The monoisotopic (exact) mass is 507 g/mol. The molecule has 1 aromatic carbocycles. The number of halogens is 3. The minimum atomic E-state index is -4.48. The van der Waals surface area contributed by atoms with E-state index in [1.54, 1.807) is 42.2 Å². The van der Waals surface area contributed by atoms with Gasteiger partial charge in [0.15, 0.2) is 0 Å². The third-order valence-corrected chi connectivity index (χ3v) is 6.44. The Hall–Kier alpha value is -4.45. The SMILES string of the molecule is Cn1nccc1N(Cc1cn2cc(C(F)(F)F)ccc2n1)C(=O)c1ccc2nc(N)c3c(c2c1)COC3. The Balaban J connectivity index is 1.40. The second-order valence-corrected chi connectivity index (χ2v) is 8.80. The molecule has 9 nitrogen and oxygen atoms in total. The summed E-state index contributed by atoms with van der Waals surface area (Å²) in [5.41, 5.74) is 8.82. The van der Waals surface area contributed by atoms with E-state index in [-0.39, 0.29) is 12.5 Å². The van der Waals surface area contributed by atoms with Crippen LogP contribution in [0, 0.1) is 0 Å². The molecule has 0 atom stereocenters. The number of nitrogens with two attached hydrogens (primary N) is 1. The van der Waals surface area contributed by atoms with Gasteiger partial charge in [0.2, 0.25) is 0 Å². The first-order chi connectivity index (χ1) is 17.7. The van der Waals surface area contributed by atoms with Crippen LogP contribution in [0.2, 0.25) is 0 Å². The molecule has 0 bridgehead atoms. The number of ether oxygens (including phenoxy) is 1. The second-order valence-electron chi connectivity index (χ2n) is 8.80. The lowest BCUT2D eigenvalue weighted by atomic mass is 10.0. The minimum absolute atomic E-state index is 0.0145. The molecular formula is C25H20F3N7O2. The van der Waals surface area contributed by atoms with Gasteiger partial charge in [0, 0.05) is 42.0 Å². The van der Waals surface area contributed by atoms with Crippen LogP contribution < -0.4 is 10.6 Å². The Morgan fingerprint density at radius 3 is 2.68 bits per heavy atom. The van der Waals surface area contributed by atoms with Crippen molar-refractivity contribution in [3.05, 3.63) is 82.9 Å². The first kappa shape index (κ1) is 23.0. The zero-order chi connectivity index (χ0) is 25.9. The van der Waals surface area contributed by atoms with Gasteiger partial charge in [-0.1, -0.05) is 0 Å². The Labute approximate surface area is 207 Å². The fraction of sp³-hybridized carbons (Fsp3) is 0.200. The zero-order valence-corrected chi connectivity index (χ0v) is 19.5. The Morgan fingerprint density at radius 1 is 1.11 bits per heavy atom. The van der Waals surface area contributed by atoms with Crippen molar-refractivity contribution in [1.29, 1.82) is 0 Å². The predicted molar refractivity (Wildman–Crippen MR) is 129 cm³/mol. The normalized spacial score (nSPS) is 13.4. The van der Waals surface area contributed by atoms with E-state index in [0.717, 1.165) is 28.8 Å². The van der Waals surface area contributed by atoms with Crippen molar-refractivity contribution in [2.75, 3.05) is 10.6 Å². The van der Waals surface area contributed by atoms with Gasteiger partial charge in [-0.05, 0) is 35.9 Å². The first-order valence-electron chi connectivity index (χ1n) is 11.3. The van der Waals surface area contributed by atoms with E-state index >= 15 is 0 Å². The van der Waals surface area contributed by atoms with Gasteiger partial charge >= 0.3 is 6.18 Å². The van der Waals surface area contributed by atoms with Crippen LogP contribution in [0.1, 0.15) is 32.7 Å². The molecule has 2 N–H and O–H groups in total. The molecule has 1 aliphatic heterocycles. The molecule has 37 heavy (non-hydrogen) atoms. The lowest BCUT2D eigenvalue weighted by Gasteiger charge is -2.22. The van der Waals surface area contributed by atoms with Crippen LogP contribution in [-0.2, 0) is 37.7 Å². The smallest absolute Gasteiger partial charge is 0.383 e. The van der Waals surface area contributed by atoms with E-state index in [2.05, 4.69) is 15.1 Å². The van der Waals surface area contributed by atoms with Crippen LogP contribution in [0.5, 0.6) is 0 Å². The van der Waals surface area contributed by atoms with E-state index in [4.69, 9.17) is 10.5 Å². The van der Waals surface area contributed by atoms with Crippen molar-refractivity contribution in [2.24, 2.45) is 7.05 Å². The number of carbonyl (C=O) groups is 1.